The van der Waals surface area contributed by atoms with E-state index in [4.69, 9.17) is 0 Å². The maximum absolute atomic E-state index is 12.1. The van der Waals surface area contributed by atoms with Crippen LogP contribution in [0.15, 0.2) is 0 Å². The van der Waals surface area contributed by atoms with Crippen LogP contribution in [0.5, 0.6) is 0 Å². The van der Waals surface area contributed by atoms with Gasteiger partial charge in [-0.15, -0.1) is 0 Å². The Labute approximate surface area is 106 Å². The zero-order chi connectivity index (χ0) is 12.8. The fourth-order valence-corrected chi connectivity index (χ4v) is 2.47. The van der Waals surface area contributed by atoms with Crippen LogP contribution in [0.25, 0.3) is 0 Å². The Bertz CT molecular complexity index is 240. The summed E-state index contributed by atoms with van der Waals surface area (Å²) in [4.78, 5) is 14.1. The minimum atomic E-state index is 0.0404. The van der Waals surface area contributed by atoms with Crippen molar-refractivity contribution in [1.29, 1.82) is 0 Å². The topological polar surface area (TPSA) is 32.3 Å². The van der Waals surface area contributed by atoms with Gasteiger partial charge in [-0.3, -0.25) is 10.1 Å². The van der Waals surface area contributed by atoms with E-state index in [0.717, 1.165) is 13.2 Å². The summed E-state index contributed by atoms with van der Waals surface area (Å²) in [5.74, 6) is 1.37. The van der Waals surface area contributed by atoms with Gasteiger partial charge < -0.3 is 4.90 Å². The predicted molar refractivity (Wildman–Crippen MR) is 71.6 cm³/mol. The quantitative estimate of drug-likeness (QED) is 0.742. The smallest absolute Gasteiger partial charge is 0.241 e. The summed E-state index contributed by atoms with van der Waals surface area (Å²) in [5.41, 5.74) is 0. The molecule has 0 aliphatic carbocycles. The number of amides is 1. The van der Waals surface area contributed by atoms with E-state index in [2.05, 4.69) is 33.0 Å². The van der Waals surface area contributed by atoms with E-state index in [-0.39, 0.29) is 6.04 Å². The van der Waals surface area contributed by atoms with Gasteiger partial charge in [-0.05, 0) is 18.3 Å². The first kappa shape index (κ1) is 14.5. The molecule has 1 N–H and O–H groups in total. The van der Waals surface area contributed by atoms with Crippen LogP contribution in [-0.2, 0) is 4.79 Å². The zero-order valence-corrected chi connectivity index (χ0v) is 11.8. The lowest BCUT2D eigenvalue weighted by molar-refractivity contribution is -0.130. The number of carbonyl (C=O) groups is 1. The molecule has 0 spiro atoms. The van der Waals surface area contributed by atoms with E-state index >= 15 is 0 Å². The summed E-state index contributed by atoms with van der Waals surface area (Å²) >= 11 is 0. The number of rotatable bonds is 7. The molecule has 0 aromatic heterocycles. The highest BCUT2D eigenvalue weighted by Crippen LogP contribution is 2.18. The van der Waals surface area contributed by atoms with E-state index in [0.29, 0.717) is 17.7 Å². The molecule has 2 atom stereocenters. The van der Waals surface area contributed by atoms with Crippen LogP contribution in [0.1, 0.15) is 53.4 Å². The van der Waals surface area contributed by atoms with Gasteiger partial charge in [-0.2, -0.15) is 0 Å². The van der Waals surface area contributed by atoms with E-state index < -0.39 is 0 Å². The van der Waals surface area contributed by atoms with Crippen LogP contribution >= 0.6 is 0 Å². The van der Waals surface area contributed by atoms with Crippen molar-refractivity contribution in [2.45, 2.75) is 59.4 Å². The Balaban J connectivity index is 2.43. The van der Waals surface area contributed by atoms with E-state index in [1.54, 1.807) is 0 Å². The SMILES string of the molecule is CCCCC(CC)CN1CNC(C(C)C)C1=O. The molecule has 1 aliphatic heterocycles. The molecule has 1 amide bonds. The molecule has 2 unspecified atom stereocenters. The van der Waals surface area contributed by atoms with Crippen molar-refractivity contribution < 1.29 is 4.79 Å². The number of hydrogen-bond donors (Lipinski definition) is 1. The molecule has 1 rings (SSSR count). The monoisotopic (exact) mass is 240 g/mol. The van der Waals surface area contributed by atoms with Crippen LogP contribution in [-0.4, -0.2) is 30.1 Å². The van der Waals surface area contributed by atoms with Crippen molar-refractivity contribution in [3.63, 3.8) is 0 Å². The third-order valence-corrected chi connectivity index (χ3v) is 3.77. The van der Waals surface area contributed by atoms with Crippen LogP contribution in [0.3, 0.4) is 0 Å². The Kier molecular flexibility index (Phi) is 5.96. The minimum absolute atomic E-state index is 0.0404. The largest absolute Gasteiger partial charge is 0.328 e. The molecule has 100 valence electrons. The van der Waals surface area contributed by atoms with Gasteiger partial charge in [0.15, 0.2) is 0 Å². The van der Waals surface area contributed by atoms with Crippen LogP contribution in [0.4, 0.5) is 0 Å². The summed E-state index contributed by atoms with van der Waals surface area (Å²) in [5, 5.41) is 3.32. The average Bonchev–Trinajstić information content (AvgIpc) is 2.66. The fraction of sp³-hybridized carbons (Fsp3) is 0.929. The summed E-state index contributed by atoms with van der Waals surface area (Å²) in [6.45, 7) is 10.3. The van der Waals surface area contributed by atoms with Gasteiger partial charge in [0.2, 0.25) is 5.91 Å². The average molecular weight is 240 g/mol. The van der Waals surface area contributed by atoms with Crippen molar-refractivity contribution in [3.8, 4) is 0 Å². The Morgan fingerprint density at radius 1 is 1.41 bits per heavy atom. The maximum Gasteiger partial charge on any atom is 0.241 e. The van der Waals surface area contributed by atoms with Crippen molar-refractivity contribution in [2.75, 3.05) is 13.2 Å². The molecule has 0 aromatic carbocycles. The molecule has 1 saturated heterocycles. The molecule has 3 heteroatoms. The lowest BCUT2D eigenvalue weighted by atomic mass is 9.98. The third kappa shape index (κ3) is 3.98. The zero-order valence-electron chi connectivity index (χ0n) is 11.8. The number of nitrogens with one attached hydrogen (secondary N) is 1. The highest BCUT2D eigenvalue weighted by molar-refractivity contribution is 5.84. The molecule has 1 fully saturated rings. The van der Waals surface area contributed by atoms with Crippen LogP contribution in [0, 0.1) is 11.8 Å². The van der Waals surface area contributed by atoms with E-state index in [1.807, 2.05) is 4.90 Å². The Morgan fingerprint density at radius 2 is 2.12 bits per heavy atom. The molecule has 0 radical (unpaired) electrons. The highest BCUT2D eigenvalue weighted by atomic mass is 16.2. The van der Waals surface area contributed by atoms with Gasteiger partial charge in [0.25, 0.3) is 0 Å². The summed E-state index contributed by atoms with van der Waals surface area (Å²) in [6, 6.07) is 0.0404. The van der Waals surface area contributed by atoms with Gasteiger partial charge in [0.05, 0.1) is 12.7 Å². The van der Waals surface area contributed by atoms with E-state index in [1.165, 1.54) is 25.7 Å². The molecule has 3 nitrogen and oxygen atoms in total. The van der Waals surface area contributed by atoms with Gasteiger partial charge >= 0.3 is 0 Å². The van der Waals surface area contributed by atoms with Gasteiger partial charge in [0, 0.05) is 6.54 Å². The summed E-state index contributed by atoms with van der Waals surface area (Å²) in [6.07, 6.45) is 4.96. The van der Waals surface area contributed by atoms with Gasteiger partial charge in [-0.1, -0.05) is 47.0 Å². The van der Waals surface area contributed by atoms with Crippen molar-refractivity contribution in [3.05, 3.63) is 0 Å². The number of nitrogens with zero attached hydrogens (tertiary/aromatic N) is 1. The lowest BCUT2D eigenvalue weighted by Gasteiger charge is -2.22. The molecule has 0 saturated carbocycles. The Hall–Kier alpha value is -0.570. The second kappa shape index (κ2) is 7.00. The molecule has 0 bridgehead atoms. The first-order chi connectivity index (χ1) is 8.10. The molecule has 1 aliphatic rings. The predicted octanol–water partition coefficient (Wildman–Crippen LogP) is 2.62. The van der Waals surface area contributed by atoms with Crippen molar-refractivity contribution >= 4 is 5.91 Å². The number of carbonyl (C=O) groups excluding carboxylic acids is 1. The highest BCUT2D eigenvalue weighted by Gasteiger charge is 2.33. The maximum atomic E-state index is 12.1. The van der Waals surface area contributed by atoms with Crippen molar-refractivity contribution in [2.24, 2.45) is 11.8 Å². The second-order valence-corrected chi connectivity index (χ2v) is 5.56. The molecular weight excluding hydrogens is 212 g/mol. The minimum Gasteiger partial charge on any atom is -0.328 e. The van der Waals surface area contributed by atoms with Crippen LogP contribution in [0.2, 0.25) is 0 Å². The fourth-order valence-electron chi connectivity index (χ4n) is 2.47. The normalized spacial score (nSPS) is 22.5. The third-order valence-electron chi connectivity index (χ3n) is 3.77. The number of unbranched alkanes of at least 4 members (excludes halogenated alkanes) is 1. The first-order valence-corrected chi connectivity index (χ1v) is 7.12. The molecule has 0 aromatic rings. The standard InChI is InChI=1S/C14H28N2O/c1-5-7-8-12(6-2)9-16-10-15-13(11(3)4)14(16)17/h11-13,15H,5-10H2,1-4H3. The van der Waals surface area contributed by atoms with E-state index in [9.17, 15) is 4.79 Å². The van der Waals surface area contributed by atoms with Crippen molar-refractivity contribution in [1.82, 2.24) is 10.2 Å². The summed E-state index contributed by atoms with van der Waals surface area (Å²) in [7, 11) is 0. The van der Waals surface area contributed by atoms with Gasteiger partial charge in [0.1, 0.15) is 0 Å². The molecule has 17 heavy (non-hydrogen) atoms. The van der Waals surface area contributed by atoms with Gasteiger partial charge in [-0.25, -0.2) is 0 Å². The Morgan fingerprint density at radius 3 is 2.59 bits per heavy atom. The van der Waals surface area contributed by atoms with Crippen LogP contribution < -0.4 is 5.32 Å². The second-order valence-electron chi connectivity index (χ2n) is 5.56. The molecule has 1 heterocycles. The summed E-state index contributed by atoms with van der Waals surface area (Å²) < 4.78 is 0. The lowest BCUT2D eigenvalue weighted by Crippen LogP contribution is -2.36. The number of hydrogen-bond acceptors (Lipinski definition) is 2. The first-order valence-electron chi connectivity index (χ1n) is 7.12. The molecular formula is C14H28N2O.